The van der Waals surface area contributed by atoms with E-state index >= 15 is 0 Å². The normalized spacial score (nSPS) is 11.0. The van der Waals surface area contributed by atoms with Crippen molar-refractivity contribution in [2.45, 2.75) is 20.8 Å². The summed E-state index contributed by atoms with van der Waals surface area (Å²) >= 11 is 0. The first-order chi connectivity index (χ1) is 11.0. The summed E-state index contributed by atoms with van der Waals surface area (Å²) in [6.07, 6.45) is 1.44. The molecule has 0 fully saturated rings. The summed E-state index contributed by atoms with van der Waals surface area (Å²) < 4.78 is 10.6. The van der Waals surface area contributed by atoms with Gasteiger partial charge in [0.2, 0.25) is 0 Å². The van der Waals surface area contributed by atoms with E-state index in [-0.39, 0.29) is 5.91 Å². The molecule has 120 valence electrons. The molecule has 4 nitrogen and oxygen atoms in total. The van der Waals surface area contributed by atoms with Crippen molar-refractivity contribution in [3.05, 3.63) is 65.4 Å². The molecule has 0 aromatic heterocycles. The van der Waals surface area contributed by atoms with Crippen LogP contribution in [0.2, 0.25) is 0 Å². The summed E-state index contributed by atoms with van der Waals surface area (Å²) in [5.41, 5.74) is 3.59. The Labute approximate surface area is 136 Å². The first kappa shape index (κ1) is 16.6. The quantitative estimate of drug-likeness (QED) is 0.664. The van der Waals surface area contributed by atoms with E-state index in [0.717, 1.165) is 17.0 Å². The highest BCUT2D eigenvalue weighted by molar-refractivity contribution is 6.03. The van der Waals surface area contributed by atoms with Crippen molar-refractivity contribution in [3.63, 3.8) is 0 Å². The summed E-state index contributed by atoms with van der Waals surface area (Å²) in [5, 5.41) is 2.86. The van der Waals surface area contributed by atoms with E-state index in [1.165, 1.54) is 11.8 Å². The van der Waals surface area contributed by atoms with Crippen LogP contribution in [0.1, 0.15) is 18.1 Å². The van der Waals surface area contributed by atoms with Gasteiger partial charge in [0.25, 0.3) is 5.91 Å². The van der Waals surface area contributed by atoms with E-state index in [2.05, 4.69) is 5.32 Å². The van der Waals surface area contributed by atoms with E-state index < -0.39 is 0 Å². The number of benzene rings is 2. The summed E-state index contributed by atoms with van der Waals surface area (Å²) in [5.74, 6) is 1.21. The van der Waals surface area contributed by atoms with Gasteiger partial charge in [-0.1, -0.05) is 6.07 Å². The van der Waals surface area contributed by atoms with Crippen molar-refractivity contribution < 1.29 is 14.3 Å². The number of carbonyl (C=O) groups excluding carboxylic acids is 1. The first-order valence-corrected chi connectivity index (χ1v) is 7.35. The van der Waals surface area contributed by atoms with Crippen LogP contribution in [-0.4, -0.2) is 13.0 Å². The highest BCUT2D eigenvalue weighted by atomic mass is 16.5. The van der Waals surface area contributed by atoms with Crippen molar-refractivity contribution in [3.8, 4) is 11.5 Å². The third-order valence-electron chi connectivity index (χ3n) is 3.55. The van der Waals surface area contributed by atoms with Gasteiger partial charge in [-0.15, -0.1) is 0 Å². The Balaban J connectivity index is 1.98. The van der Waals surface area contributed by atoms with Crippen LogP contribution in [0.25, 0.3) is 0 Å². The number of hydrogen-bond donors (Lipinski definition) is 1. The molecular weight excluding hydrogens is 290 g/mol. The zero-order valence-electron chi connectivity index (χ0n) is 13.8. The van der Waals surface area contributed by atoms with Crippen molar-refractivity contribution in [1.82, 2.24) is 0 Å². The second kappa shape index (κ2) is 7.49. The number of rotatable bonds is 5. The van der Waals surface area contributed by atoms with Crippen LogP contribution in [0, 0.1) is 13.8 Å². The second-order valence-electron chi connectivity index (χ2n) is 5.35. The van der Waals surface area contributed by atoms with Gasteiger partial charge in [0.15, 0.2) is 0 Å². The molecule has 0 aliphatic carbocycles. The molecule has 1 amide bonds. The monoisotopic (exact) mass is 311 g/mol. The van der Waals surface area contributed by atoms with Crippen LogP contribution >= 0.6 is 0 Å². The fourth-order valence-electron chi connectivity index (χ4n) is 1.91. The van der Waals surface area contributed by atoms with E-state index in [9.17, 15) is 4.79 Å². The van der Waals surface area contributed by atoms with Crippen LogP contribution < -0.4 is 14.8 Å². The number of nitrogens with one attached hydrogen (secondary N) is 1. The number of amides is 1. The van der Waals surface area contributed by atoms with Crippen LogP contribution in [0.3, 0.4) is 0 Å². The van der Waals surface area contributed by atoms with Crippen molar-refractivity contribution in [2.24, 2.45) is 0 Å². The molecule has 0 saturated heterocycles. The molecule has 0 heterocycles. The molecule has 0 aliphatic heterocycles. The standard InChI is InChI=1S/C19H21NO3/c1-13-5-6-16(11-14(13)2)20-19(21)15(3)12-23-18-9-7-17(22-4)8-10-18/h5-12H,1-4H3,(H,20,21). The van der Waals surface area contributed by atoms with Crippen molar-refractivity contribution >= 4 is 11.6 Å². The highest BCUT2D eigenvalue weighted by Gasteiger charge is 2.06. The fraction of sp³-hybridized carbons (Fsp3) is 0.211. The van der Waals surface area contributed by atoms with Crippen LogP contribution in [0.5, 0.6) is 11.5 Å². The Bertz CT molecular complexity index is 718. The Morgan fingerprint density at radius 2 is 1.65 bits per heavy atom. The number of ether oxygens (including phenoxy) is 2. The maximum Gasteiger partial charge on any atom is 0.254 e. The SMILES string of the molecule is COc1ccc(OC=C(C)C(=O)Nc2ccc(C)c(C)c2)cc1. The van der Waals surface area contributed by atoms with Gasteiger partial charge in [-0.05, 0) is 68.3 Å². The van der Waals surface area contributed by atoms with Crippen molar-refractivity contribution in [1.29, 1.82) is 0 Å². The zero-order valence-corrected chi connectivity index (χ0v) is 13.8. The van der Waals surface area contributed by atoms with E-state index in [0.29, 0.717) is 11.3 Å². The fourth-order valence-corrected chi connectivity index (χ4v) is 1.91. The predicted octanol–water partition coefficient (Wildman–Crippen LogP) is 4.23. The molecular formula is C19H21NO3. The zero-order chi connectivity index (χ0) is 16.8. The highest BCUT2D eigenvalue weighted by Crippen LogP contribution is 2.18. The van der Waals surface area contributed by atoms with Crippen molar-refractivity contribution in [2.75, 3.05) is 12.4 Å². The molecule has 0 saturated carbocycles. The maximum absolute atomic E-state index is 12.2. The molecule has 4 heteroatoms. The van der Waals surface area contributed by atoms with Gasteiger partial charge in [0.05, 0.1) is 13.4 Å². The van der Waals surface area contributed by atoms with Crippen LogP contribution in [-0.2, 0) is 4.79 Å². The summed E-state index contributed by atoms with van der Waals surface area (Å²) in [6.45, 7) is 5.76. The molecule has 1 N–H and O–H groups in total. The van der Waals surface area contributed by atoms with Crippen LogP contribution in [0.4, 0.5) is 5.69 Å². The molecule has 2 aromatic carbocycles. The third-order valence-corrected chi connectivity index (χ3v) is 3.55. The van der Waals surface area contributed by atoms with E-state index in [4.69, 9.17) is 9.47 Å². The second-order valence-corrected chi connectivity index (χ2v) is 5.35. The van der Waals surface area contributed by atoms with Gasteiger partial charge in [-0.2, -0.15) is 0 Å². The molecule has 0 radical (unpaired) electrons. The van der Waals surface area contributed by atoms with Gasteiger partial charge >= 0.3 is 0 Å². The molecule has 0 aliphatic rings. The number of carbonyl (C=O) groups is 1. The van der Waals surface area contributed by atoms with Gasteiger partial charge in [0.1, 0.15) is 11.5 Å². The number of anilines is 1. The van der Waals surface area contributed by atoms with E-state index in [1.807, 2.05) is 32.0 Å². The van der Waals surface area contributed by atoms with Gasteiger partial charge in [0, 0.05) is 11.3 Å². The van der Waals surface area contributed by atoms with Gasteiger partial charge in [-0.25, -0.2) is 0 Å². The topological polar surface area (TPSA) is 47.6 Å². The first-order valence-electron chi connectivity index (χ1n) is 7.35. The summed E-state index contributed by atoms with van der Waals surface area (Å²) in [7, 11) is 1.61. The molecule has 0 bridgehead atoms. The Hall–Kier alpha value is -2.75. The lowest BCUT2D eigenvalue weighted by atomic mass is 10.1. The Morgan fingerprint density at radius 3 is 2.26 bits per heavy atom. The minimum Gasteiger partial charge on any atom is -0.497 e. The van der Waals surface area contributed by atoms with E-state index in [1.54, 1.807) is 38.3 Å². The molecule has 23 heavy (non-hydrogen) atoms. The largest absolute Gasteiger partial charge is 0.497 e. The third kappa shape index (κ3) is 4.61. The lowest BCUT2D eigenvalue weighted by Crippen LogP contribution is -2.13. The average molecular weight is 311 g/mol. The molecule has 2 aromatic rings. The number of aryl methyl sites for hydroxylation is 2. The van der Waals surface area contributed by atoms with Gasteiger partial charge in [-0.3, -0.25) is 4.79 Å². The minimum absolute atomic E-state index is 0.193. The predicted molar refractivity (Wildman–Crippen MR) is 91.9 cm³/mol. The minimum atomic E-state index is -0.193. The number of methoxy groups -OCH3 is 1. The number of hydrogen-bond acceptors (Lipinski definition) is 3. The molecule has 0 atom stereocenters. The van der Waals surface area contributed by atoms with Crippen LogP contribution in [0.15, 0.2) is 54.3 Å². The lowest BCUT2D eigenvalue weighted by molar-refractivity contribution is -0.112. The Morgan fingerprint density at radius 1 is 1.00 bits per heavy atom. The Kier molecular flexibility index (Phi) is 5.41. The molecule has 0 spiro atoms. The summed E-state index contributed by atoms with van der Waals surface area (Å²) in [4.78, 5) is 12.2. The average Bonchev–Trinajstić information content (AvgIpc) is 2.56. The molecule has 2 rings (SSSR count). The maximum atomic E-state index is 12.2. The van der Waals surface area contributed by atoms with Gasteiger partial charge < -0.3 is 14.8 Å². The summed E-state index contributed by atoms with van der Waals surface area (Å²) in [6, 6.07) is 13.0. The molecule has 0 unspecified atom stereocenters. The smallest absolute Gasteiger partial charge is 0.254 e. The lowest BCUT2D eigenvalue weighted by Gasteiger charge is -2.08.